The average Bonchev–Trinajstić information content (AvgIpc) is 3.58. The van der Waals surface area contributed by atoms with E-state index in [1.807, 2.05) is 12.1 Å². The van der Waals surface area contributed by atoms with E-state index in [1.54, 1.807) is 54.0 Å². The van der Waals surface area contributed by atoms with Crippen LogP contribution in [0.4, 0.5) is 8.78 Å². The summed E-state index contributed by atoms with van der Waals surface area (Å²) >= 11 is 0. The summed E-state index contributed by atoms with van der Waals surface area (Å²) in [5.74, 6) is 0.298. The standard InChI is InChI=1S/C26H23F2N3O4/c1-2-33-25(32)19-5-3-4-17(12-19)20-14-24-29-11-10-21(31(24)30-20)18-8-9-22(35-26(27)28)23(13-18)34-15-16-6-7-16/h3-5,8-14,16,26H,2,6-7,15H2,1H3. The van der Waals surface area contributed by atoms with Crippen LogP contribution in [0.2, 0.25) is 0 Å². The highest BCUT2D eigenvalue weighted by Gasteiger charge is 2.23. The molecule has 9 heteroatoms. The van der Waals surface area contributed by atoms with Gasteiger partial charge in [0.25, 0.3) is 0 Å². The Morgan fingerprint density at radius 1 is 1.09 bits per heavy atom. The molecular weight excluding hydrogens is 456 g/mol. The van der Waals surface area contributed by atoms with Gasteiger partial charge in [-0.1, -0.05) is 12.1 Å². The molecule has 0 atom stereocenters. The van der Waals surface area contributed by atoms with Gasteiger partial charge in [0.2, 0.25) is 0 Å². The summed E-state index contributed by atoms with van der Waals surface area (Å²) in [4.78, 5) is 16.5. The van der Waals surface area contributed by atoms with Crippen molar-refractivity contribution in [1.29, 1.82) is 0 Å². The van der Waals surface area contributed by atoms with Gasteiger partial charge in [0, 0.05) is 23.4 Å². The van der Waals surface area contributed by atoms with Crippen molar-refractivity contribution in [2.75, 3.05) is 13.2 Å². The zero-order chi connectivity index (χ0) is 24.4. The molecule has 0 amide bonds. The SMILES string of the molecule is CCOC(=O)c1cccc(-c2cc3nccc(-c4ccc(OC(F)F)c(OCC5CC5)c4)n3n2)c1. The normalized spacial score (nSPS) is 13.3. The molecule has 0 radical (unpaired) electrons. The minimum atomic E-state index is -2.95. The van der Waals surface area contributed by atoms with E-state index in [4.69, 9.17) is 14.6 Å². The highest BCUT2D eigenvalue weighted by molar-refractivity contribution is 5.91. The molecule has 1 saturated carbocycles. The van der Waals surface area contributed by atoms with Crippen molar-refractivity contribution in [2.45, 2.75) is 26.4 Å². The lowest BCUT2D eigenvalue weighted by molar-refractivity contribution is -0.0515. The summed E-state index contributed by atoms with van der Waals surface area (Å²) in [6, 6.07) is 15.5. The molecule has 0 unspecified atom stereocenters. The van der Waals surface area contributed by atoms with Crippen molar-refractivity contribution in [2.24, 2.45) is 5.92 Å². The largest absolute Gasteiger partial charge is 0.489 e. The average molecular weight is 479 g/mol. The van der Waals surface area contributed by atoms with Gasteiger partial charge in [-0.15, -0.1) is 0 Å². The summed E-state index contributed by atoms with van der Waals surface area (Å²) in [6.45, 7) is -0.447. The third-order valence-electron chi connectivity index (χ3n) is 5.65. The fraction of sp³-hybridized carbons (Fsp3) is 0.269. The number of aromatic nitrogens is 3. The lowest BCUT2D eigenvalue weighted by atomic mass is 10.1. The molecule has 1 aliphatic carbocycles. The highest BCUT2D eigenvalue weighted by Crippen LogP contribution is 2.36. The summed E-state index contributed by atoms with van der Waals surface area (Å²) in [5, 5.41) is 4.70. The fourth-order valence-electron chi connectivity index (χ4n) is 3.74. The first-order chi connectivity index (χ1) is 17.0. The van der Waals surface area contributed by atoms with Crippen LogP contribution in [-0.2, 0) is 4.74 Å². The first-order valence-electron chi connectivity index (χ1n) is 11.4. The number of hydrogen-bond acceptors (Lipinski definition) is 6. The van der Waals surface area contributed by atoms with Crippen molar-refractivity contribution in [3.8, 4) is 34.0 Å². The monoisotopic (exact) mass is 479 g/mol. The molecule has 0 aliphatic heterocycles. The lowest BCUT2D eigenvalue weighted by Crippen LogP contribution is -2.06. The third-order valence-corrected chi connectivity index (χ3v) is 5.65. The van der Waals surface area contributed by atoms with Gasteiger partial charge < -0.3 is 14.2 Å². The quantitative estimate of drug-likeness (QED) is 0.290. The smallest absolute Gasteiger partial charge is 0.387 e. The third kappa shape index (κ3) is 5.08. The molecule has 2 aromatic carbocycles. The minimum absolute atomic E-state index is 0.00775. The molecule has 2 aromatic heterocycles. The van der Waals surface area contributed by atoms with Gasteiger partial charge in [-0.3, -0.25) is 0 Å². The Morgan fingerprint density at radius 2 is 1.94 bits per heavy atom. The number of hydrogen-bond donors (Lipinski definition) is 0. The zero-order valence-electron chi connectivity index (χ0n) is 19.0. The topological polar surface area (TPSA) is 75.0 Å². The molecule has 0 N–H and O–H groups in total. The van der Waals surface area contributed by atoms with Crippen LogP contribution in [0, 0.1) is 5.92 Å². The number of alkyl halides is 2. The van der Waals surface area contributed by atoms with Crippen molar-refractivity contribution >= 4 is 11.6 Å². The predicted molar refractivity (Wildman–Crippen MR) is 125 cm³/mol. The van der Waals surface area contributed by atoms with Gasteiger partial charge in [-0.2, -0.15) is 13.9 Å². The van der Waals surface area contributed by atoms with E-state index in [0.717, 1.165) is 18.4 Å². The molecule has 1 fully saturated rings. The fourth-order valence-corrected chi connectivity index (χ4v) is 3.74. The van der Waals surface area contributed by atoms with Crippen LogP contribution in [0.5, 0.6) is 11.5 Å². The summed E-state index contributed by atoms with van der Waals surface area (Å²) in [5.41, 5.74) is 3.79. The number of carbonyl (C=O) groups excluding carboxylic acids is 1. The van der Waals surface area contributed by atoms with Gasteiger partial charge >= 0.3 is 12.6 Å². The first-order valence-corrected chi connectivity index (χ1v) is 11.4. The predicted octanol–water partition coefficient (Wildman–Crippen LogP) is 5.63. The summed E-state index contributed by atoms with van der Waals surface area (Å²) in [7, 11) is 0. The maximum absolute atomic E-state index is 12.9. The first kappa shape index (κ1) is 22.8. The van der Waals surface area contributed by atoms with Gasteiger partial charge in [-0.25, -0.2) is 14.3 Å². The van der Waals surface area contributed by atoms with Gasteiger partial charge in [-0.05, 0) is 62.1 Å². The Bertz CT molecular complexity index is 1370. The number of rotatable bonds is 9. The Hall–Kier alpha value is -4.01. The van der Waals surface area contributed by atoms with Crippen molar-refractivity contribution in [3.05, 3.63) is 66.4 Å². The second kappa shape index (κ2) is 9.69. The lowest BCUT2D eigenvalue weighted by Gasteiger charge is -2.14. The molecular formula is C26H23F2N3O4. The summed E-state index contributed by atoms with van der Waals surface area (Å²) in [6.07, 6.45) is 3.80. The Balaban J connectivity index is 1.51. The van der Waals surface area contributed by atoms with Crippen molar-refractivity contribution < 1.29 is 27.8 Å². The van der Waals surface area contributed by atoms with E-state index in [1.165, 1.54) is 6.07 Å². The molecule has 0 saturated heterocycles. The van der Waals surface area contributed by atoms with E-state index in [-0.39, 0.29) is 18.1 Å². The van der Waals surface area contributed by atoms with E-state index >= 15 is 0 Å². The van der Waals surface area contributed by atoms with Gasteiger partial charge in [0.1, 0.15) is 0 Å². The Kier molecular flexibility index (Phi) is 6.31. The minimum Gasteiger partial charge on any atom is -0.489 e. The number of fused-ring (bicyclic) bond motifs is 1. The Labute approximate surface area is 200 Å². The second-order valence-corrected chi connectivity index (χ2v) is 8.23. The van der Waals surface area contributed by atoms with Crippen LogP contribution < -0.4 is 9.47 Å². The van der Waals surface area contributed by atoms with Crippen molar-refractivity contribution in [3.63, 3.8) is 0 Å². The molecule has 0 bridgehead atoms. The molecule has 180 valence electrons. The number of esters is 1. The molecule has 5 rings (SSSR count). The number of carbonyl (C=O) groups is 1. The maximum atomic E-state index is 12.9. The van der Waals surface area contributed by atoms with E-state index < -0.39 is 12.6 Å². The van der Waals surface area contributed by atoms with Crippen LogP contribution in [0.3, 0.4) is 0 Å². The molecule has 35 heavy (non-hydrogen) atoms. The van der Waals surface area contributed by atoms with Crippen molar-refractivity contribution in [1.82, 2.24) is 14.6 Å². The number of nitrogens with zero attached hydrogens (tertiary/aromatic N) is 3. The number of benzene rings is 2. The van der Waals surface area contributed by atoms with E-state index in [0.29, 0.717) is 40.7 Å². The van der Waals surface area contributed by atoms with E-state index in [2.05, 4.69) is 9.72 Å². The van der Waals surface area contributed by atoms with Crippen LogP contribution >= 0.6 is 0 Å². The van der Waals surface area contributed by atoms with Crippen LogP contribution in [0.25, 0.3) is 28.2 Å². The molecule has 1 aliphatic rings. The van der Waals surface area contributed by atoms with E-state index in [9.17, 15) is 13.6 Å². The molecule has 4 aromatic rings. The maximum Gasteiger partial charge on any atom is 0.387 e. The van der Waals surface area contributed by atoms with Gasteiger partial charge in [0.05, 0.1) is 30.2 Å². The number of ether oxygens (including phenoxy) is 3. The zero-order valence-corrected chi connectivity index (χ0v) is 19.0. The van der Waals surface area contributed by atoms with Crippen LogP contribution in [0.15, 0.2) is 60.8 Å². The highest BCUT2D eigenvalue weighted by atomic mass is 19.3. The van der Waals surface area contributed by atoms with Gasteiger partial charge in [0.15, 0.2) is 17.1 Å². The Morgan fingerprint density at radius 3 is 2.71 bits per heavy atom. The molecule has 7 nitrogen and oxygen atoms in total. The summed E-state index contributed by atoms with van der Waals surface area (Å²) < 4.78 is 43.0. The second-order valence-electron chi connectivity index (χ2n) is 8.23. The molecule has 2 heterocycles. The molecule has 0 spiro atoms. The number of halogens is 2. The van der Waals surface area contributed by atoms with Crippen LogP contribution in [0.1, 0.15) is 30.1 Å². The van der Waals surface area contributed by atoms with Crippen LogP contribution in [-0.4, -0.2) is 40.4 Å².